The highest BCUT2D eigenvalue weighted by molar-refractivity contribution is 5.88. The molecule has 2 N–H and O–H groups in total. The molecule has 2 atom stereocenters. The molecular weight excluding hydrogens is 252 g/mol. The Kier molecular flexibility index (Phi) is 3.49. The lowest BCUT2D eigenvalue weighted by Gasteiger charge is -2.34. The first-order valence-corrected chi connectivity index (χ1v) is 7.16. The van der Waals surface area contributed by atoms with Crippen LogP contribution in [0.4, 0.5) is 0 Å². The van der Waals surface area contributed by atoms with Gasteiger partial charge in [0.2, 0.25) is 5.91 Å². The number of rotatable bonds is 2. The van der Waals surface area contributed by atoms with Crippen LogP contribution in [0.1, 0.15) is 18.9 Å². The molecule has 0 radical (unpaired) electrons. The van der Waals surface area contributed by atoms with Crippen molar-refractivity contribution in [2.45, 2.75) is 25.9 Å². The van der Waals surface area contributed by atoms with E-state index in [0.717, 1.165) is 16.5 Å². The molecule has 1 aliphatic rings. The third-order valence-corrected chi connectivity index (χ3v) is 4.23. The predicted octanol–water partition coefficient (Wildman–Crippen LogP) is 1.94. The largest absolute Gasteiger partial charge is 0.393 e. The minimum atomic E-state index is -0.271. The summed E-state index contributed by atoms with van der Waals surface area (Å²) in [6.07, 6.45) is 2.76. The number of nitrogens with zero attached hydrogens (tertiary/aromatic N) is 1. The van der Waals surface area contributed by atoms with Crippen molar-refractivity contribution in [2.24, 2.45) is 5.92 Å². The fourth-order valence-corrected chi connectivity index (χ4v) is 2.91. The Labute approximate surface area is 118 Å². The molecule has 0 bridgehead atoms. The molecule has 106 valence electrons. The van der Waals surface area contributed by atoms with Gasteiger partial charge in [0.25, 0.3) is 0 Å². The minimum absolute atomic E-state index is 0.147. The van der Waals surface area contributed by atoms with Crippen LogP contribution in [0.5, 0.6) is 0 Å². The van der Waals surface area contributed by atoms with Crippen molar-refractivity contribution in [1.82, 2.24) is 9.88 Å². The maximum atomic E-state index is 12.4. The molecular formula is C16H20N2O2. The molecule has 3 rings (SSSR count). The van der Waals surface area contributed by atoms with Crippen LogP contribution in [-0.2, 0) is 11.2 Å². The van der Waals surface area contributed by atoms with Gasteiger partial charge in [-0.15, -0.1) is 0 Å². The second-order valence-electron chi connectivity index (χ2n) is 5.71. The standard InChI is InChI=1S/C16H20N2O2/c1-11-10-18(7-6-15(11)19)16(20)8-12-9-17-14-5-3-2-4-13(12)14/h2-5,9,11,15,17,19H,6-8,10H2,1H3. The minimum Gasteiger partial charge on any atom is -0.393 e. The zero-order valence-corrected chi connectivity index (χ0v) is 11.7. The molecule has 0 spiro atoms. The van der Waals surface area contributed by atoms with E-state index in [1.54, 1.807) is 0 Å². The van der Waals surface area contributed by atoms with Gasteiger partial charge in [0.1, 0.15) is 0 Å². The van der Waals surface area contributed by atoms with Crippen LogP contribution < -0.4 is 0 Å². The number of piperidine rings is 1. The number of para-hydroxylation sites is 1. The summed E-state index contributed by atoms with van der Waals surface area (Å²) in [5, 5.41) is 10.8. The topological polar surface area (TPSA) is 56.3 Å². The Morgan fingerprint density at radius 2 is 2.25 bits per heavy atom. The zero-order chi connectivity index (χ0) is 14.1. The molecule has 1 saturated heterocycles. The number of likely N-dealkylation sites (tertiary alicyclic amines) is 1. The Bertz CT molecular complexity index is 620. The van der Waals surface area contributed by atoms with E-state index >= 15 is 0 Å². The number of H-pyrrole nitrogens is 1. The highest BCUT2D eigenvalue weighted by atomic mass is 16.3. The molecule has 0 saturated carbocycles. The fourth-order valence-electron chi connectivity index (χ4n) is 2.91. The normalized spacial score (nSPS) is 23.2. The van der Waals surface area contributed by atoms with E-state index in [4.69, 9.17) is 0 Å². The number of amides is 1. The number of aromatic nitrogens is 1. The first-order valence-electron chi connectivity index (χ1n) is 7.16. The predicted molar refractivity (Wildman–Crippen MR) is 78.4 cm³/mol. The number of benzene rings is 1. The van der Waals surface area contributed by atoms with Gasteiger partial charge in [-0.05, 0) is 24.0 Å². The van der Waals surface area contributed by atoms with Crippen molar-refractivity contribution in [2.75, 3.05) is 13.1 Å². The van der Waals surface area contributed by atoms with Gasteiger partial charge < -0.3 is 15.0 Å². The van der Waals surface area contributed by atoms with Crippen LogP contribution >= 0.6 is 0 Å². The monoisotopic (exact) mass is 272 g/mol. The van der Waals surface area contributed by atoms with E-state index in [2.05, 4.69) is 4.98 Å². The van der Waals surface area contributed by atoms with Crippen LogP contribution in [0.2, 0.25) is 0 Å². The van der Waals surface area contributed by atoms with Gasteiger partial charge in [-0.25, -0.2) is 0 Å². The molecule has 2 unspecified atom stereocenters. The molecule has 20 heavy (non-hydrogen) atoms. The molecule has 1 aromatic carbocycles. The lowest BCUT2D eigenvalue weighted by molar-refractivity contribution is -0.133. The van der Waals surface area contributed by atoms with E-state index < -0.39 is 0 Å². The van der Waals surface area contributed by atoms with E-state index in [9.17, 15) is 9.90 Å². The molecule has 2 aromatic rings. The van der Waals surface area contributed by atoms with Crippen LogP contribution in [0, 0.1) is 5.92 Å². The van der Waals surface area contributed by atoms with E-state index in [0.29, 0.717) is 25.9 Å². The number of hydrogen-bond acceptors (Lipinski definition) is 2. The number of hydrogen-bond donors (Lipinski definition) is 2. The summed E-state index contributed by atoms with van der Waals surface area (Å²) in [6, 6.07) is 8.03. The summed E-state index contributed by atoms with van der Waals surface area (Å²) in [4.78, 5) is 17.5. The maximum absolute atomic E-state index is 12.4. The van der Waals surface area contributed by atoms with Gasteiger partial charge in [-0.2, -0.15) is 0 Å². The quantitative estimate of drug-likeness (QED) is 0.878. The van der Waals surface area contributed by atoms with Gasteiger partial charge in [-0.3, -0.25) is 4.79 Å². The van der Waals surface area contributed by atoms with E-state index in [1.807, 2.05) is 42.3 Å². The Morgan fingerprint density at radius 1 is 1.45 bits per heavy atom. The highest BCUT2D eigenvalue weighted by Gasteiger charge is 2.27. The van der Waals surface area contributed by atoms with Gasteiger partial charge in [0, 0.05) is 30.2 Å². The van der Waals surface area contributed by atoms with Crippen LogP contribution in [0.3, 0.4) is 0 Å². The molecule has 1 amide bonds. The van der Waals surface area contributed by atoms with Gasteiger partial charge in [-0.1, -0.05) is 25.1 Å². The lowest BCUT2D eigenvalue weighted by atomic mass is 9.96. The summed E-state index contributed by atoms with van der Waals surface area (Å²) < 4.78 is 0. The van der Waals surface area contributed by atoms with Gasteiger partial charge in [0.05, 0.1) is 12.5 Å². The average molecular weight is 272 g/mol. The second-order valence-corrected chi connectivity index (χ2v) is 5.71. The highest BCUT2D eigenvalue weighted by Crippen LogP contribution is 2.21. The van der Waals surface area contributed by atoms with Crippen molar-refractivity contribution in [1.29, 1.82) is 0 Å². The SMILES string of the molecule is CC1CN(C(=O)Cc2c[nH]c3ccccc23)CCC1O. The third kappa shape index (κ3) is 2.43. The lowest BCUT2D eigenvalue weighted by Crippen LogP contribution is -2.45. The van der Waals surface area contributed by atoms with Crippen LogP contribution in [0.25, 0.3) is 10.9 Å². The van der Waals surface area contributed by atoms with Gasteiger partial charge in [0.15, 0.2) is 0 Å². The third-order valence-electron chi connectivity index (χ3n) is 4.23. The summed E-state index contributed by atoms with van der Waals surface area (Å²) in [6.45, 7) is 3.31. The Balaban J connectivity index is 1.73. The Hall–Kier alpha value is -1.81. The van der Waals surface area contributed by atoms with Gasteiger partial charge >= 0.3 is 0 Å². The number of aliphatic hydroxyl groups is 1. The van der Waals surface area contributed by atoms with Crippen molar-refractivity contribution in [3.63, 3.8) is 0 Å². The number of aliphatic hydroxyl groups excluding tert-OH is 1. The maximum Gasteiger partial charge on any atom is 0.227 e. The van der Waals surface area contributed by atoms with Crippen molar-refractivity contribution >= 4 is 16.8 Å². The van der Waals surface area contributed by atoms with Crippen molar-refractivity contribution < 1.29 is 9.90 Å². The second kappa shape index (κ2) is 5.29. The summed E-state index contributed by atoms with van der Waals surface area (Å²) in [7, 11) is 0. The molecule has 0 aliphatic carbocycles. The number of carbonyl (C=O) groups excluding carboxylic acids is 1. The van der Waals surface area contributed by atoms with Crippen LogP contribution in [0.15, 0.2) is 30.5 Å². The molecule has 1 aromatic heterocycles. The fraction of sp³-hybridized carbons (Fsp3) is 0.438. The first-order chi connectivity index (χ1) is 9.65. The molecule has 1 fully saturated rings. The smallest absolute Gasteiger partial charge is 0.227 e. The molecule has 1 aliphatic heterocycles. The van der Waals surface area contributed by atoms with Crippen molar-refractivity contribution in [3.8, 4) is 0 Å². The van der Waals surface area contributed by atoms with Crippen molar-refractivity contribution in [3.05, 3.63) is 36.0 Å². The molecule has 2 heterocycles. The zero-order valence-electron chi connectivity index (χ0n) is 11.7. The average Bonchev–Trinajstić information content (AvgIpc) is 2.85. The number of nitrogens with one attached hydrogen (secondary N) is 1. The molecule has 4 heteroatoms. The number of aromatic amines is 1. The van der Waals surface area contributed by atoms with E-state index in [1.165, 1.54) is 0 Å². The van der Waals surface area contributed by atoms with E-state index in [-0.39, 0.29) is 17.9 Å². The Morgan fingerprint density at radius 3 is 3.05 bits per heavy atom. The van der Waals surface area contributed by atoms with Crippen LogP contribution in [-0.4, -0.2) is 40.1 Å². The molecule has 4 nitrogen and oxygen atoms in total. The summed E-state index contributed by atoms with van der Waals surface area (Å²) in [5.74, 6) is 0.309. The number of carbonyl (C=O) groups is 1. The first kappa shape index (κ1) is 13.2. The summed E-state index contributed by atoms with van der Waals surface area (Å²) >= 11 is 0. The summed E-state index contributed by atoms with van der Waals surface area (Å²) in [5.41, 5.74) is 2.11. The number of fused-ring (bicyclic) bond motifs is 1.